The summed E-state index contributed by atoms with van der Waals surface area (Å²) in [4.78, 5) is 0. The molecule has 0 unspecified atom stereocenters. The molecular formula is C16H17F17S. The molecule has 0 aliphatic carbocycles. The molecule has 0 nitrogen and oxygen atoms in total. The van der Waals surface area contributed by atoms with Gasteiger partial charge in [-0.2, -0.15) is 74.6 Å². The van der Waals surface area contributed by atoms with E-state index in [1.165, 1.54) is 0 Å². The molecule has 0 N–H and O–H groups in total. The highest BCUT2D eigenvalue weighted by atomic mass is 32.2. The molecule has 0 fully saturated rings. The van der Waals surface area contributed by atoms with E-state index in [4.69, 9.17) is 0 Å². The van der Waals surface area contributed by atoms with Crippen LogP contribution in [0.15, 0.2) is 0 Å². The van der Waals surface area contributed by atoms with Crippen molar-refractivity contribution < 1.29 is 74.6 Å². The summed E-state index contributed by atoms with van der Waals surface area (Å²) in [6, 6.07) is 0. The number of thioether (sulfide) groups is 1. The van der Waals surface area contributed by atoms with Crippen molar-refractivity contribution in [2.45, 2.75) is 92.4 Å². The fraction of sp³-hybridized carbons (Fsp3) is 1.00. The molecule has 0 aliphatic rings. The Bertz CT molecular complexity index is 652. The third kappa shape index (κ3) is 5.44. The zero-order chi connectivity index (χ0) is 27.7. The van der Waals surface area contributed by atoms with Crippen molar-refractivity contribution in [3.63, 3.8) is 0 Å². The summed E-state index contributed by atoms with van der Waals surface area (Å²) in [5.74, 6) is -50.6. The smallest absolute Gasteiger partial charge is 0.192 e. The van der Waals surface area contributed by atoms with Gasteiger partial charge in [-0.15, -0.1) is 0 Å². The van der Waals surface area contributed by atoms with Gasteiger partial charge in [0.05, 0.1) is 0 Å². The molecular weight excluding hydrogens is 547 g/mol. The highest BCUT2D eigenvalue weighted by Gasteiger charge is 2.95. The first-order chi connectivity index (χ1) is 14.8. The molecule has 0 aromatic carbocycles. The van der Waals surface area contributed by atoms with Gasteiger partial charge in [-0.3, -0.25) is 0 Å². The van der Waals surface area contributed by atoms with Gasteiger partial charge >= 0.3 is 47.0 Å². The third-order valence-corrected chi connectivity index (χ3v) is 5.59. The topological polar surface area (TPSA) is 0 Å². The summed E-state index contributed by atoms with van der Waals surface area (Å²) < 4.78 is 223. The molecule has 0 amide bonds. The van der Waals surface area contributed by atoms with Gasteiger partial charge in [0.1, 0.15) is 0 Å². The lowest BCUT2D eigenvalue weighted by Gasteiger charge is -2.42. The van der Waals surface area contributed by atoms with Gasteiger partial charge in [0, 0.05) is 0 Å². The minimum Gasteiger partial charge on any atom is -0.192 e. The second-order valence-corrected chi connectivity index (χ2v) is 8.29. The molecule has 0 aromatic heterocycles. The van der Waals surface area contributed by atoms with Crippen molar-refractivity contribution >= 4 is 11.8 Å². The van der Waals surface area contributed by atoms with Gasteiger partial charge in [0.2, 0.25) is 0 Å². The summed E-state index contributed by atoms with van der Waals surface area (Å²) in [5.41, 5.74) is 0. The van der Waals surface area contributed by atoms with Crippen LogP contribution in [0.25, 0.3) is 0 Å². The van der Waals surface area contributed by atoms with Crippen LogP contribution in [0.2, 0.25) is 0 Å². The van der Waals surface area contributed by atoms with E-state index in [2.05, 4.69) is 0 Å². The summed E-state index contributed by atoms with van der Waals surface area (Å²) in [6.07, 6.45) is -5.71. The Kier molecular flexibility index (Phi) is 10.0. The van der Waals surface area contributed by atoms with E-state index in [-0.39, 0.29) is 12.8 Å². The highest BCUT2D eigenvalue weighted by molar-refractivity contribution is 8.00. The third-order valence-electron chi connectivity index (χ3n) is 4.47. The standard InChI is InChI=1S/C16H17F17S/c1-2-3-4-5-6-7-8-34-16(32,33)14(27,28)12(23,24)10(19,20)9(17,18)11(21,22)13(25,26)15(29,30)31/h2-8H2,1H3. The minimum absolute atomic E-state index is 0.0675. The second-order valence-electron chi connectivity index (χ2n) is 7.08. The molecule has 0 atom stereocenters. The Morgan fingerprint density at radius 1 is 0.412 bits per heavy atom. The average Bonchev–Trinajstić information content (AvgIpc) is 2.65. The molecule has 206 valence electrons. The van der Waals surface area contributed by atoms with Crippen molar-refractivity contribution in [1.82, 2.24) is 0 Å². The highest BCUT2D eigenvalue weighted by Crippen LogP contribution is 2.64. The van der Waals surface area contributed by atoms with Crippen molar-refractivity contribution in [2.24, 2.45) is 0 Å². The van der Waals surface area contributed by atoms with Crippen LogP contribution in [0, 0.1) is 0 Å². The van der Waals surface area contributed by atoms with Crippen LogP contribution >= 0.6 is 11.8 Å². The van der Waals surface area contributed by atoms with Crippen LogP contribution in [0.5, 0.6) is 0 Å². The number of unbranched alkanes of at least 4 members (excludes halogenated alkanes) is 5. The Hall–Kier alpha value is -0.840. The molecule has 0 spiro atoms. The molecule has 0 aromatic rings. The number of halogens is 17. The van der Waals surface area contributed by atoms with Crippen molar-refractivity contribution in [1.29, 1.82) is 0 Å². The maximum absolute atomic E-state index is 13.6. The van der Waals surface area contributed by atoms with Crippen LogP contribution in [0.4, 0.5) is 74.6 Å². The van der Waals surface area contributed by atoms with Crippen molar-refractivity contribution in [2.75, 3.05) is 5.75 Å². The van der Waals surface area contributed by atoms with Gasteiger partial charge in [0.15, 0.2) is 0 Å². The van der Waals surface area contributed by atoms with Gasteiger partial charge in [0.25, 0.3) is 0 Å². The largest absolute Gasteiger partial charge is 0.460 e. The zero-order valence-corrected chi connectivity index (χ0v) is 17.6. The molecule has 0 saturated carbocycles. The Balaban J connectivity index is 5.98. The van der Waals surface area contributed by atoms with E-state index in [1.807, 2.05) is 0 Å². The SMILES string of the molecule is CCCCCCCCSC(F)(F)C(F)(F)C(F)(F)C(F)(F)C(F)(F)C(F)(F)C(F)(F)C(F)(F)F. The molecule has 0 saturated heterocycles. The van der Waals surface area contributed by atoms with Crippen LogP contribution in [0.3, 0.4) is 0 Å². The average molecular weight is 564 g/mol. The van der Waals surface area contributed by atoms with E-state index in [0.717, 1.165) is 6.42 Å². The number of rotatable bonds is 14. The lowest BCUT2D eigenvalue weighted by molar-refractivity contribution is -0.458. The first-order valence-corrected chi connectivity index (χ1v) is 10.1. The first-order valence-electron chi connectivity index (χ1n) is 9.16. The van der Waals surface area contributed by atoms with Gasteiger partial charge in [-0.05, 0) is 12.2 Å². The summed E-state index contributed by atoms with van der Waals surface area (Å²) in [7, 11) is 0. The van der Waals surface area contributed by atoms with Crippen molar-refractivity contribution in [3.8, 4) is 0 Å². The van der Waals surface area contributed by atoms with Gasteiger partial charge in [-0.1, -0.05) is 50.8 Å². The first kappa shape index (κ1) is 33.2. The van der Waals surface area contributed by atoms with Gasteiger partial charge < -0.3 is 0 Å². The van der Waals surface area contributed by atoms with Crippen LogP contribution in [-0.2, 0) is 0 Å². The molecule has 0 heterocycles. The Morgan fingerprint density at radius 3 is 1.12 bits per heavy atom. The predicted octanol–water partition coefficient (Wildman–Crippen LogP) is 9.05. The molecule has 34 heavy (non-hydrogen) atoms. The quantitative estimate of drug-likeness (QED) is 0.150. The summed E-state index contributed by atoms with van der Waals surface area (Å²) in [6.45, 7) is 1.79. The maximum atomic E-state index is 13.6. The predicted molar refractivity (Wildman–Crippen MR) is 86.5 cm³/mol. The van der Waals surface area contributed by atoms with Crippen LogP contribution < -0.4 is 0 Å². The van der Waals surface area contributed by atoms with Gasteiger partial charge in [-0.25, -0.2) is 0 Å². The molecule has 18 heteroatoms. The van der Waals surface area contributed by atoms with Crippen LogP contribution in [-0.4, -0.2) is 52.7 Å². The number of hydrogen-bond donors (Lipinski definition) is 0. The second kappa shape index (κ2) is 10.3. The molecule has 0 bridgehead atoms. The monoisotopic (exact) mass is 564 g/mol. The van der Waals surface area contributed by atoms with E-state index in [9.17, 15) is 74.6 Å². The molecule has 0 radical (unpaired) electrons. The minimum atomic E-state index is -8.58. The summed E-state index contributed by atoms with van der Waals surface area (Å²) >= 11 is -1.44. The zero-order valence-electron chi connectivity index (χ0n) is 16.8. The number of alkyl halides is 17. The fourth-order valence-corrected chi connectivity index (χ4v) is 3.24. The van der Waals surface area contributed by atoms with Crippen molar-refractivity contribution in [3.05, 3.63) is 0 Å². The maximum Gasteiger partial charge on any atom is 0.460 e. The van der Waals surface area contributed by atoms with E-state index >= 15 is 0 Å². The molecule has 0 rings (SSSR count). The normalized spacial score (nSPS) is 15.7. The summed E-state index contributed by atoms with van der Waals surface area (Å²) in [5, 5.41) is -6.35. The lowest BCUT2D eigenvalue weighted by Crippen LogP contribution is -2.74. The molecule has 0 aliphatic heterocycles. The van der Waals surface area contributed by atoms with E-state index < -0.39 is 64.5 Å². The van der Waals surface area contributed by atoms with E-state index in [0.29, 0.717) is 19.3 Å². The fourth-order valence-electron chi connectivity index (χ4n) is 2.32. The van der Waals surface area contributed by atoms with E-state index in [1.54, 1.807) is 6.92 Å². The van der Waals surface area contributed by atoms with Crippen LogP contribution in [0.1, 0.15) is 45.4 Å². The Morgan fingerprint density at radius 2 is 0.735 bits per heavy atom. The Labute approximate surface area is 185 Å². The lowest BCUT2D eigenvalue weighted by atomic mass is 9.91. The number of hydrogen-bond acceptors (Lipinski definition) is 1.